The topological polar surface area (TPSA) is 101 Å². The highest BCUT2D eigenvalue weighted by atomic mass is 32.2. The van der Waals surface area contributed by atoms with Gasteiger partial charge in [0.15, 0.2) is 0 Å². The molecule has 0 saturated carbocycles. The third-order valence-corrected chi connectivity index (χ3v) is 5.50. The predicted molar refractivity (Wildman–Crippen MR) is 103 cm³/mol. The number of nitriles is 1. The highest BCUT2D eigenvalue weighted by Gasteiger charge is 2.35. The number of nitrogens with two attached hydrogens (primary N) is 1. The van der Waals surface area contributed by atoms with Crippen LogP contribution in [0.4, 0.5) is 0 Å². The summed E-state index contributed by atoms with van der Waals surface area (Å²) in [5.74, 6) is 0.868. The Labute approximate surface area is 161 Å². The molecule has 2 aromatic heterocycles. The maximum atomic E-state index is 9.66. The number of aryl methyl sites for hydroxylation is 1. The van der Waals surface area contributed by atoms with Crippen molar-refractivity contribution in [3.63, 3.8) is 0 Å². The molecule has 0 amide bonds. The zero-order chi connectivity index (χ0) is 18.8. The minimum atomic E-state index is -0.325. The Kier molecular flexibility index (Phi) is 4.57. The number of rotatable bonds is 4. The van der Waals surface area contributed by atoms with Crippen LogP contribution in [0.25, 0.3) is 0 Å². The van der Waals surface area contributed by atoms with Crippen molar-refractivity contribution in [2.75, 3.05) is 0 Å². The molecular formula is C20H17N5OS. The molecule has 3 aromatic rings. The van der Waals surface area contributed by atoms with Gasteiger partial charge >= 0.3 is 0 Å². The summed E-state index contributed by atoms with van der Waals surface area (Å²) < 4.78 is 5.60. The molecule has 27 heavy (non-hydrogen) atoms. The maximum Gasteiger partial charge on any atom is 0.244 e. The lowest BCUT2D eigenvalue weighted by Gasteiger charge is -2.23. The van der Waals surface area contributed by atoms with Crippen LogP contribution in [0.2, 0.25) is 0 Å². The summed E-state index contributed by atoms with van der Waals surface area (Å²) in [7, 11) is 0. The van der Waals surface area contributed by atoms with E-state index in [-0.39, 0.29) is 11.8 Å². The number of H-pyrrole nitrogens is 1. The third-order valence-electron chi connectivity index (χ3n) is 4.46. The number of hydrogen-bond donors (Lipinski definition) is 2. The smallest absolute Gasteiger partial charge is 0.244 e. The fourth-order valence-corrected chi connectivity index (χ4v) is 3.96. The van der Waals surface area contributed by atoms with Crippen molar-refractivity contribution in [1.29, 1.82) is 5.26 Å². The zero-order valence-electron chi connectivity index (χ0n) is 14.6. The second kappa shape index (κ2) is 7.17. The zero-order valence-corrected chi connectivity index (χ0v) is 15.5. The summed E-state index contributed by atoms with van der Waals surface area (Å²) in [6.07, 6.45) is 3.41. The Bertz CT molecular complexity index is 1030. The van der Waals surface area contributed by atoms with Crippen LogP contribution in [0.3, 0.4) is 0 Å². The van der Waals surface area contributed by atoms with Crippen molar-refractivity contribution in [1.82, 2.24) is 15.2 Å². The molecule has 0 bridgehead atoms. The van der Waals surface area contributed by atoms with E-state index in [1.807, 2.05) is 12.1 Å². The van der Waals surface area contributed by atoms with Crippen molar-refractivity contribution in [2.24, 2.45) is 5.73 Å². The van der Waals surface area contributed by atoms with Gasteiger partial charge in [0.1, 0.15) is 11.6 Å². The van der Waals surface area contributed by atoms with E-state index in [0.717, 1.165) is 21.7 Å². The van der Waals surface area contributed by atoms with Gasteiger partial charge in [-0.2, -0.15) is 5.26 Å². The molecule has 0 spiro atoms. The van der Waals surface area contributed by atoms with E-state index < -0.39 is 0 Å². The van der Waals surface area contributed by atoms with E-state index in [4.69, 9.17) is 10.5 Å². The van der Waals surface area contributed by atoms with Gasteiger partial charge in [0.05, 0.1) is 17.2 Å². The van der Waals surface area contributed by atoms with E-state index in [1.54, 1.807) is 24.2 Å². The summed E-state index contributed by atoms with van der Waals surface area (Å²) in [6, 6.07) is 14.3. The number of hydrogen-bond acceptors (Lipinski definition) is 6. The van der Waals surface area contributed by atoms with Crippen LogP contribution in [0.5, 0.6) is 5.88 Å². The predicted octanol–water partition coefficient (Wildman–Crippen LogP) is 3.62. The van der Waals surface area contributed by atoms with E-state index >= 15 is 0 Å². The summed E-state index contributed by atoms with van der Waals surface area (Å²) in [6.45, 7) is 2.07. The Morgan fingerprint density at radius 1 is 1.22 bits per heavy atom. The number of ether oxygens (including phenoxy) is 1. The quantitative estimate of drug-likeness (QED) is 0.676. The van der Waals surface area contributed by atoms with Crippen molar-refractivity contribution < 1.29 is 4.74 Å². The molecule has 0 saturated heterocycles. The van der Waals surface area contributed by atoms with Gasteiger partial charge in [0.2, 0.25) is 11.8 Å². The first-order valence-corrected chi connectivity index (χ1v) is 9.40. The summed E-state index contributed by atoms with van der Waals surface area (Å²) in [4.78, 5) is 5.23. The molecule has 1 atom stereocenters. The highest BCUT2D eigenvalue weighted by Crippen LogP contribution is 2.43. The van der Waals surface area contributed by atoms with Crippen LogP contribution in [0, 0.1) is 18.3 Å². The highest BCUT2D eigenvalue weighted by molar-refractivity contribution is 7.98. The Hall–Kier alpha value is -3.24. The summed E-state index contributed by atoms with van der Waals surface area (Å²) >= 11 is 1.70. The molecule has 6 nitrogen and oxygen atoms in total. The van der Waals surface area contributed by atoms with Gasteiger partial charge in [0, 0.05) is 23.0 Å². The third kappa shape index (κ3) is 3.27. The maximum absolute atomic E-state index is 9.66. The number of fused-ring (bicyclic) bond motifs is 1. The molecular weight excluding hydrogens is 358 g/mol. The number of aromatic nitrogens is 3. The molecule has 0 unspecified atom stereocenters. The number of thioether (sulfide) groups is 1. The minimum Gasteiger partial charge on any atom is -0.420 e. The fraction of sp³-hybridized carbons (Fsp3) is 0.150. The molecule has 1 aliphatic heterocycles. The van der Waals surface area contributed by atoms with Gasteiger partial charge in [-0.15, -0.1) is 16.9 Å². The number of aromatic amines is 1. The molecule has 134 valence electrons. The molecule has 3 N–H and O–H groups in total. The number of pyridine rings is 1. The lowest BCUT2D eigenvalue weighted by atomic mass is 9.85. The second-order valence-electron chi connectivity index (χ2n) is 6.23. The van der Waals surface area contributed by atoms with Crippen molar-refractivity contribution in [3.05, 3.63) is 82.6 Å². The van der Waals surface area contributed by atoms with Crippen molar-refractivity contribution in [3.8, 4) is 11.9 Å². The average molecular weight is 375 g/mol. The van der Waals surface area contributed by atoms with Gasteiger partial charge in [-0.3, -0.25) is 10.1 Å². The molecule has 3 heterocycles. The molecule has 0 fully saturated rings. The second-order valence-corrected chi connectivity index (χ2v) is 7.28. The van der Waals surface area contributed by atoms with E-state index in [9.17, 15) is 5.26 Å². The van der Waals surface area contributed by atoms with E-state index in [2.05, 4.69) is 52.4 Å². The SMILES string of the molecule is Cc1ccc(SCc2[nH]nc3c2[C@H](c2ccncc2)C(C#N)=C(N)O3)cc1. The minimum absolute atomic E-state index is 0.0936. The van der Waals surface area contributed by atoms with Crippen LogP contribution >= 0.6 is 11.8 Å². The lowest BCUT2D eigenvalue weighted by Crippen LogP contribution is -2.21. The number of benzene rings is 1. The van der Waals surface area contributed by atoms with Crippen LogP contribution < -0.4 is 10.5 Å². The first-order chi connectivity index (χ1) is 13.2. The number of nitrogens with one attached hydrogen (secondary N) is 1. The number of nitrogens with zero attached hydrogens (tertiary/aromatic N) is 3. The van der Waals surface area contributed by atoms with Gasteiger partial charge in [-0.05, 0) is 36.8 Å². The normalized spacial score (nSPS) is 15.8. The van der Waals surface area contributed by atoms with Gasteiger partial charge < -0.3 is 10.5 Å². The summed E-state index contributed by atoms with van der Waals surface area (Å²) in [5, 5.41) is 17.0. The first-order valence-electron chi connectivity index (χ1n) is 8.41. The van der Waals surface area contributed by atoms with Crippen molar-refractivity contribution in [2.45, 2.75) is 23.5 Å². The first kappa shape index (κ1) is 17.2. The van der Waals surface area contributed by atoms with Crippen LogP contribution in [-0.4, -0.2) is 15.2 Å². The molecule has 1 aromatic carbocycles. The standard InChI is InChI=1S/C20H17N5OS/c1-12-2-4-14(5-3-12)27-11-16-18-17(13-6-8-23-9-7-13)15(10-21)19(22)26-20(18)25-24-16/h2-9,17H,11,22H2,1H3,(H,24,25)/t17-/m1/s1. The van der Waals surface area contributed by atoms with Gasteiger partial charge in [-0.1, -0.05) is 17.7 Å². The monoisotopic (exact) mass is 375 g/mol. The van der Waals surface area contributed by atoms with Crippen LogP contribution in [0.1, 0.15) is 28.3 Å². The largest absolute Gasteiger partial charge is 0.420 e. The average Bonchev–Trinajstić information content (AvgIpc) is 3.09. The van der Waals surface area contributed by atoms with E-state index in [0.29, 0.717) is 17.2 Å². The summed E-state index contributed by atoms with van der Waals surface area (Å²) in [5.41, 5.74) is 10.3. The molecule has 4 rings (SSSR count). The van der Waals surface area contributed by atoms with Gasteiger partial charge in [0.25, 0.3) is 0 Å². The van der Waals surface area contributed by atoms with Crippen LogP contribution in [0.15, 0.2) is 65.1 Å². The van der Waals surface area contributed by atoms with Crippen LogP contribution in [-0.2, 0) is 5.75 Å². The van der Waals surface area contributed by atoms with Gasteiger partial charge in [-0.25, -0.2) is 0 Å². The lowest BCUT2D eigenvalue weighted by molar-refractivity contribution is 0.378. The Balaban J connectivity index is 1.71. The molecule has 0 radical (unpaired) electrons. The fourth-order valence-electron chi connectivity index (χ4n) is 3.10. The molecule has 0 aliphatic carbocycles. The Morgan fingerprint density at radius 2 is 1.96 bits per heavy atom. The van der Waals surface area contributed by atoms with E-state index in [1.165, 1.54) is 5.56 Å². The number of allylic oxidation sites excluding steroid dienone is 1. The molecule has 1 aliphatic rings. The Morgan fingerprint density at radius 3 is 2.67 bits per heavy atom. The molecule has 7 heteroatoms. The van der Waals surface area contributed by atoms with Crippen molar-refractivity contribution >= 4 is 11.8 Å².